The SMILES string of the molecule is C[C@@H](OC(C)(C)C)[C@H](NC(=O)c1ccc(C#C/C=C/C=O)cc1)C(=O)NOC1CCCCC1. The smallest absolute Gasteiger partial charge is 0.268 e. The van der Waals surface area contributed by atoms with Gasteiger partial charge in [-0.05, 0) is 77.0 Å². The summed E-state index contributed by atoms with van der Waals surface area (Å²) in [6.07, 6.45) is 7.98. The largest absolute Gasteiger partial charge is 0.370 e. The predicted molar refractivity (Wildman–Crippen MR) is 126 cm³/mol. The van der Waals surface area contributed by atoms with E-state index < -0.39 is 29.6 Å². The van der Waals surface area contributed by atoms with Crippen molar-refractivity contribution in [2.75, 3.05) is 0 Å². The minimum atomic E-state index is -0.937. The number of carbonyl (C=O) groups is 3. The van der Waals surface area contributed by atoms with Gasteiger partial charge in [0.05, 0.1) is 17.8 Å². The van der Waals surface area contributed by atoms with Gasteiger partial charge in [0.2, 0.25) is 0 Å². The molecule has 1 aliphatic carbocycles. The molecule has 1 aromatic rings. The summed E-state index contributed by atoms with van der Waals surface area (Å²) in [5.41, 5.74) is 3.12. The van der Waals surface area contributed by atoms with Crippen LogP contribution in [0.1, 0.15) is 75.7 Å². The highest BCUT2D eigenvalue weighted by Crippen LogP contribution is 2.20. The van der Waals surface area contributed by atoms with E-state index in [4.69, 9.17) is 9.57 Å². The monoisotopic (exact) mass is 454 g/mol. The molecular formula is C26H34N2O5. The molecule has 2 N–H and O–H groups in total. The zero-order valence-corrected chi connectivity index (χ0v) is 19.9. The third-order valence-corrected chi connectivity index (χ3v) is 5.08. The molecule has 0 aromatic heterocycles. The Morgan fingerprint density at radius 2 is 1.79 bits per heavy atom. The van der Waals surface area contributed by atoms with Gasteiger partial charge in [-0.25, -0.2) is 5.48 Å². The van der Waals surface area contributed by atoms with Crippen molar-refractivity contribution in [1.29, 1.82) is 0 Å². The van der Waals surface area contributed by atoms with Crippen molar-refractivity contribution in [3.05, 3.63) is 47.5 Å². The van der Waals surface area contributed by atoms with Gasteiger partial charge in [-0.2, -0.15) is 0 Å². The van der Waals surface area contributed by atoms with E-state index >= 15 is 0 Å². The van der Waals surface area contributed by atoms with Crippen LogP contribution in [-0.2, 0) is 19.2 Å². The molecule has 1 saturated carbocycles. The van der Waals surface area contributed by atoms with Crippen LogP contribution in [-0.4, -0.2) is 42.0 Å². The van der Waals surface area contributed by atoms with Gasteiger partial charge in [0, 0.05) is 11.1 Å². The molecule has 0 saturated heterocycles. The fourth-order valence-corrected chi connectivity index (χ4v) is 3.55. The van der Waals surface area contributed by atoms with Gasteiger partial charge in [-0.15, -0.1) is 0 Å². The molecule has 0 radical (unpaired) electrons. The Kier molecular flexibility index (Phi) is 10.3. The number of carbonyl (C=O) groups excluding carboxylic acids is 3. The van der Waals surface area contributed by atoms with E-state index in [0.717, 1.165) is 25.7 Å². The Bertz CT molecular complexity index is 884. The molecule has 0 heterocycles. The summed E-state index contributed by atoms with van der Waals surface area (Å²) < 4.78 is 5.95. The first kappa shape index (κ1) is 26.3. The molecule has 2 atom stereocenters. The molecule has 0 aliphatic heterocycles. The lowest BCUT2D eigenvalue weighted by Gasteiger charge is -2.31. The number of nitrogens with one attached hydrogen (secondary N) is 2. The lowest BCUT2D eigenvalue weighted by molar-refractivity contribution is -0.148. The highest BCUT2D eigenvalue weighted by molar-refractivity contribution is 5.97. The number of aldehydes is 1. The lowest BCUT2D eigenvalue weighted by atomic mass is 9.98. The van der Waals surface area contributed by atoms with Gasteiger partial charge in [-0.3, -0.25) is 19.2 Å². The van der Waals surface area contributed by atoms with Gasteiger partial charge in [0.25, 0.3) is 11.8 Å². The summed E-state index contributed by atoms with van der Waals surface area (Å²) in [6, 6.07) is 5.73. The van der Waals surface area contributed by atoms with Gasteiger partial charge >= 0.3 is 0 Å². The van der Waals surface area contributed by atoms with E-state index in [0.29, 0.717) is 17.4 Å². The maximum atomic E-state index is 12.9. The Hall–Kier alpha value is -2.95. The molecule has 7 nitrogen and oxygen atoms in total. The molecule has 2 amide bonds. The number of amides is 2. The lowest BCUT2D eigenvalue weighted by Crippen LogP contribution is -2.54. The molecule has 7 heteroatoms. The van der Waals surface area contributed by atoms with Crippen molar-refractivity contribution in [1.82, 2.24) is 10.8 Å². The van der Waals surface area contributed by atoms with Gasteiger partial charge < -0.3 is 10.1 Å². The average molecular weight is 455 g/mol. The Morgan fingerprint density at radius 3 is 2.39 bits per heavy atom. The second-order valence-corrected chi connectivity index (χ2v) is 9.07. The van der Waals surface area contributed by atoms with E-state index in [1.54, 1.807) is 31.2 Å². The molecule has 33 heavy (non-hydrogen) atoms. The molecule has 0 bridgehead atoms. The van der Waals surface area contributed by atoms with Crippen molar-refractivity contribution < 1.29 is 24.0 Å². The first-order valence-electron chi connectivity index (χ1n) is 11.4. The molecule has 1 aliphatic rings. The fraction of sp³-hybridized carbons (Fsp3) is 0.500. The van der Waals surface area contributed by atoms with Crippen LogP contribution in [0.25, 0.3) is 0 Å². The number of hydroxylamine groups is 1. The molecule has 1 aromatic carbocycles. The van der Waals surface area contributed by atoms with Gasteiger partial charge in [0.15, 0.2) is 0 Å². The third-order valence-electron chi connectivity index (χ3n) is 5.08. The Balaban J connectivity index is 2.07. The van der Waals surface area contributed by atoms with E-state index in [-0.39, 0.29) is 6.10 Å². The predicted octanol–water partition coefficient (Wildman–Crippen LogP) is 3.48. The summed E-state index contributed by atoms with van der Waals surface area (Å²) in [4.78, 5) is 41.7. The van der Waals surface area contributed by atoms with E-state index in [1.807, 2.05) is 20.8 Å². The normalized spacial score (nSPS) is 16.4. The van der Waals surface area contributed by atoms with Crippen LogP contribution >= 0.6 is 0 Å². The number of ether oxygens (including phenoxy) is 1. The Morgan fingerprint density at radius 1 is 1.12 bits per heavy atom. The minimum absolute atomic E-state index is 0.00655. The second kappa shape index (κ2) is 12.9. The van der Waals surface area contributed by atoms with E-state index in [1.165, 1.54) is 18.6 Å². The van der Waals surface area contributed by atoms with E-state index in [9.17, 15) is 14.4 Å². The maximum Gasteiger partial charge on any atom is 0.268 e. The van der Waals surface area contributed by atoms with Crippen LogP contribution in [0.4, 0.5) is 0 Å². The van der Waals surface area contributed by atoms with Crippen molar-refractivity contribution in [2.45, 2.75) is 83.6 Å². The highest BCUT2D eigenvalue weighted by atomic mass is 16.7. The summed E-state index contributed by atoms with van der Waals surface area (Å²) in [7, 11) is 0. The Labute approximate surface area is 196 Å². The van der Waals surface area contributed by atoms with Gasteiger partial charge in [0.1, 0.15) is 12.3 Å². The molecule has 1 fully saturated rings. The van der Waals surface area contributed by atoms with E-state index in [2.05, 4.69) is 22.6 Å². The number of hydrogen-bond acceptors (Lipinski definition) is 5. The van der Waals surface area contributed by atoms with Crippen LogP contribution in [0.3, 0.4) is 0 Å². The van der Waals surface area contributed by atoms with Crippen molar-refractivity contribution in [3.63, 3.8) is 0 Å². The van der Waals surface area contributed by atoms with Crippen molar-refractivity contribution in [2.24, 2.45) is 0 Å². The first-order valence-corrected chi connectivity index (χ1v) is 11.4. The quantitative estimate of drug-likeness (QED) is 0.272. The van der Waals surface area contributed by atoms with Crippen LogP contribution in [0.15, 0.2) is 36.4 Å². The zero-order chi connectivity index (χ0) is 24.3. The average Bonchev–Trinajstić information content (AvgIpc) is 2.78. The number of rotatable bonds is 8. The molecule has 0 spiro atoms. The molecule has 178 valence electrons. The van der Waals surface area contributed by atoms with Crippen LogP contribution in [0.2, 0.25) is 0 Å². The summed E-state index contributed by atoms with van der Waals surface area (Å²) in [5, 5.41) is 2.78. The number of hydrogen-bond donors (Lipinski definition) is 2. The summed E-state index contributed by atoms with van der Waals surface area (Å²) >= 11 is 0. The maximum absolute atomic E-state index is 12.9. The van der Waals surface area contributed by atoms with Crippen LogP contribution < -0.4 is 10.8 Å². The summed E-state index contributed by atoms with van der Waals surface area (Å²) in [5.74, 6) is 4.74. The first-order chi connectivity index (χ1) is 15.7. The van der Waals surface area contributed by atoms with Gasteiger partial charge in [-0.1, -0.05) is 31.1 Å². The highest BCUT2D eigenvalue weighted by Gasteiger charge is 2.31. The van der Waals surface area contributed by atoms with Crippen molar-refractivity contribution in [3.8, 4) is 11.8 Å². The van der Waals surface area contributed by atoms with Crippen molar-refractivity contribution >= 4 is 18.1 Å². The van der Waals surface area contributed by atoms with Crippen LogP contribution in [0.5, 0.6) is 0 Å². The van der Waals surface area contributed by atoms with Crippen LogP contribution in [0, 0.1) is 11.8 Å². The molecule has 2 rings (SSSR count). The standard InChI is InChI=1S/C26H34N2O5/c1-19(32-26(2,3)4)23(25(31)28-33-22-12-8-5-9-13-22)27-24(30)21-16-14-20(15-17-21)11-7-6-10-18-29/h6,10,14-19,22-23H,5,8-9,12-13H2,1-4H3,(H,27,30)(H,28,31)/b10-6+/t19-,23+/m1/s1. The topological polar surface area (TPSA) is 93.7 Å². The molecule has 0 unspecified atom stereocenters. The number of allylic oxidation sites excluding steroid dienone is 2. The second-order valence-electron chi connectivity index (χ2n) is 9.07. The molecular weight excluding hydrogens is 420 g/mol. The number of benzene rings is 1. The fourth-order valence-electron chi connectivity index (χ4n) is 3.55. The zero-order valence-electron chi connectivity index (χ0n) is 19.9. The third kappa shape index (κ3) is 9.60. The minimum Gasteiger partial charge on any atom is -0.370 e. The summed E-state index contributed by atoms with van der Waals surface area (Å²) in [6.45, 7) is 7.43.